The first-order valence-electron chi connectivity index (χ1n) is 8.72. The first-order chi connectivity index (χ1) is 13.1. The van der Waals surface area contributed by atoms with Crippen molar-refractivity contribution in [3.8, 4) is 0 Å². The van der Waals surface area contributed by atoms with Crippen LogP contribution < -0.4 is 5.32 Å². The molecule has 8 nitrogen and oxygen atoms in total. The summed E-state index contributed by atoms with van der Waals surface area (Å²) in [5, 5.41) is 13.4. The number of ether oxygens (including phenoxy) is 1. The van der Waals surface area contributed by atoms with E-state index in [0.717, 1.165) is 5.56 Å². The molecule has 2 aromatic carbocycles. The highest BCUT2D eigenvalue weighted by atomic mass is 16.5. The number of hydrogen-bond acceptors (Lipinski definition) is 5. The van der Waals surface area contributed by atoms with Gasteiger partial charge in [0.15, 0.2) is 0 Å². The average Bonchev–Trinajstić information content (AvgIpc) is 3.18. The van der Waals surface area contributed by atoms with E-state index < -0.39 is 0 Å². The topological polar surface area (TPSA) is 100 Å². The third-order valence-electron chi connectivity index (χ3n) is 4.62. The van der Waals surface area contributed by atoms with Gasteiger partial charge in [-0.15, -0.1) is 0 Å². The number of anilines is 1. The molecule has 1 aliphatic rings. The number of H-pyrrole nitrogens is 1. The normalized spacial score (nSPS) is 14.3. The number of aromatic nitrogens is 3. The molecule has 0 unspecified atom stereocenters. The van der Waals surface area contributed by atoms with E-state index in [1.165, 1.54) is 0 Å². The molecule has 0 bridgehead atoms. The molecule has 138 valence electrons. The van der Waals surface area contributed by atoms with Crippen LogP contribution in [-0.4, -0.2) is 58.4 Å². The van der Waals surface area contributed by atoms with E-state index in [2.05, 4.69) is 20.7 Å². The second-order valence-electron chi connectivity index (χ2n) is 6.39. The van der Waals surface area contributed by atoms with E-state index in [-0.39, 0.29) is 11.8 Å². The van der Waals surface area contributed by atoms with E-state index in [1.807, 2.05) is 13.0 Å². The predicted octanol–water partition coefficient (Wildman–Crippen LogP) is 1.99. The second-order valence-corrected chi connectivity index (χ2v) is 6.39. The number of hydrogen-bond donors (Lipinski definition) is 2. The van der Waals surface area contributed by atoms with Crippen LogP contribution in [-0.2, 0) is 4.74 Å². The fourth-order valence-electron chi connectivity index (χ4n) is 3.12. The van der Waals surface area contributed by atoms with E-state index >= 15 is 0 Å². The number of amides is 2. The van der Waals surface area contributed by atoms with Crippen LogP contribution in [0, 0.1) is 6.92 Å². The number of carbonyl (C=O) groups is 2. The highest BCUT2D eigenvalue weighted by Gasteiger charge is 2.21. The quantitative estimate of drug-likeness (QED) is 0.739. The van der Waals surface area contributed by atoms with E-state index in [9.17, 15) is 9.59 Å². The van der Waals surface area contributed by atoms with Crippen molar-refractivity contribution in [1.29, 1.82) is 0 Å². The van der Waals surface area contributed by atoms with Gasteiger partial charge in [0.1, 0.15) is 11.0 Å². The molecular formula is C19H19N5O3. The molecule has 2 N–H and O–H groups in total. The summed E-state index contributed by atoms with van der Waals surface area (Å²) in [6.07, 6.45) is 0. The number of aromatic amines is 1. The first-order valence-corrected chi connectivity index (χ1v) is 8.72. The van der Waals surface area contributed by atoms with Gasteiger partial charge >= 0.3 is 0 Å². The summed E-state index contributed by atoms with van der Waals surface area (Å²) in [7, 11) is 0. The summed E-state index contributed by atoms with van der Waals surface area (Å²) in [6.45, 7) is 4.12. The number of aryl methyl sites for hydroxylation is 1. The highest BCUT2D eigenvalue weighted by molar-refractivity contribution is 6.11. The Morgan fingerprint density at radius 1 is 1.11 bits per heavy atom. The summed E-state index contributed by atoms with van der Waals surface area (Å²) in [6, 6.07) is 10.6. The molecule has 1 aromatic heterocycles. The Bertz CT molecular complexity index is 1010. The van der Waals surface area contributed by atoms with Crippen molar-refractivity contribution in [3.05, 3.63) is 53.1 Å². The Morgan fingerprint density at radius 2 is 1.93 bits per heavy atom. The molecule has 0 saturated carbocycles. The number of nitrogens with one attached hydrogen (secondary N) is 2. The molecule has 1 fully saturated rings. The van der Waals surface area contributed by atoms with Gasteiger partial charge in [0.05, 0.1) is 18.8 Å². The molecule has 0 aliphatic carbocycles. The van der Waals surface area contributed by atoms with Crippen LogP contribution >= 0.6 is 0 Å². The lowest BCUT2D eigenvalue weighted by molar-refractivity contribution is 0.0302. The zero-order valence-corrected chi connectivity index (χ0v) is 14.9. The number of nitrogens with zero attached hydrogens (tertiary/aromatic N) is 3. The van der Waals surface area contributed by atoms with Crippen molar-refractivity contribution in [1.82, 2.24) is 20.3 Å². The van der Waals surface area contributed by atoms with Gasteiger partial charge in [-0.2, -0.15) is 15.4 Å². The van der Waals surface area contributed by atoms with Gasteiger partial charge in [-0.05, 0) is 36.8 Å². The van der Waals surface area contributed by atoms with Crippen LogP contribution in [0.4, 0.5) is 5.69 Å². The van der Waals surface area contributed by atoms with Crippen molar-refractivity contribution >= 4 is 28.5 Å². The van der Waals surface area contributed by atoms with Gasteiger partial charge in [-0.25, -0.2) is 0 Å². The zero-order valence-electron chi connectivity index (χ0n) is 14.9. The Kier molecular flexibility index (Phi) is 4.55. The molecule has 8 heteroatoms. The molecule has 3 aromatic rings. The van der Waals surface area contributed by atoms with Gasteiger partial charge in [-0.1, -0.05) is 12.1 Å². The summed E-state index contributed by atoms with van der Waals surface area (Å²) in [4.78, 5) is 27.3. The van der Waals surface area contributed by atoms with Gasteiger partial charge in [0.25, 0.3) is 11.8 Å². The van der Waals surface area contributed by atoms with Gasteiger partial charge < -0.3 is 15.0 Å². The van der Waals surface area contributed by atoms with Crippen molar-refractivity contribution in [2.24, 2.45) is 0 Å². The summed E-state index contributed by atoms with van der Waals surface area (Å²) < 4.78 is 5.31. The van der Waals surface area contributed by atoms with Crippen LogP contribution in [0.1, 0.15) is 26.3 Å². The van der Waals surface area contributed by atoms with E-state index in [4.69, 9.17) is 4.74 Å². The Balaban J connectivity index is 1.58. The molecule has 4 rings (SSSR count). The molecule has 1 aliphatic heterocycles. The van der Waals surface area contributed by atoms with Crippen LogP contribution in [0.3, 0.4) is 0 Å². The minimum atomic E-state index is -0.303. The molecule has 27 heavy (non-hydrogen) atoms. The largest absolute Gasteiger partial charge is 0.378 e. The minimum Gasteiger partial charge on any atom is -0.378 e. The third kappa shape index (κ3) is 3.39. The number of carbonyl (C=O) groups excluding carboxylic acids is 2. The number of fused-ring (bicyclic) bond motifs is 1. The van der Waals surface area contributed by atoms with Crippen molar-refractivity contribution in [2.75, 3.05) is 31.6 Å². The lowest BCUT2D eigenvalue weighted by Gasteiger charge is -2.27. The standard InChI is InChI=1S/C19H19N5O3/c1-12-5-6-13(11-15(12)19(26)24-7-9-27-10-8-24)20-18(25)14-3-2-4-16-17(14)22-23-21-16/h2-6,11H,7-10H2,1H3,(H,20,25)(H,21,22,23). The van der Waals surface area contributed by atoms with E-state index in [1.54, 1.807) is 35.2 Å². The maximum Gasteiger partial charge on any atom is 0.258 e. The molecule has 2 amide bonds. The van der Waals surface area contributed by atoms with Crippen LogP contribution in [0.5, 0.6) is 0 Å². The fraction of sp³-hybridized carbons (Fsp3) is 0.263. The van der Waals surface area contributed by atoms with E-state index in [0.29, 0.717) is 54.2 Å². The lowest BCUT2D eigenvalue weighted by atomic mass is 10.1. The molecule has 2 heterocycles. The van der Waals surface area contributed by atoms with Crippen LogP contribution in [0.2, 0.25) is 0 Å². The molecule has 0 radical (unpaired) electrons. The Morgan fingerprint density at radius 3 is 2.74 bits per heavy atom. The third-order valence-corrected chi connectivity index (χ3v) is 4.62. The predicted molar refractivity (Wildman–Crippen MR) is 99.7 cm³/mol. The number of para-hydroxylation sites is 1. The smallest absolute Gasteiger partial charge is 0.258 e. The monoisotopic (exact) mass is 365 g/mol. The van der Waals surface area contributed by atoms with Crippen LogP contribution in [0.25, 0.3) is 11.0 Å². The molecule has 0 spiro atoms. The summed E-state index contributed by atoms with van der Waals surface area (Å²) >= 11 is 0. The first kappa shape index (κ1) is 17.2. The minimum absolute atomic E-state index is 0.0505. The summed E-state index contributed by atoms with van der Waals surface area (Å²) in [5.41, 5.74) is 3.55. The Hall–Kier alpha value is -3.26. The maximum absolute atomic E-state index is 12.8. The number of rotatable bonds is 3. The number of benzene rings is 2. The van der Waals surface area contributed by atoms with Gasteiger partial charge in [-0.3, -0.25) is 9.59 Å². The van der Waals surface area contributed by atoms with Crippen LogP contribution in [0.15, 0.2) is 36.4 Å². The average molecular weight is 365 g/mol. The molecule has 0 atom stereocenters. The second kappa shape index (κ2) is 7.16. The van der Waals surface area contributed by atoms with Gasteiger partial charge in [0.2, 0.25) is 0 Å². The highest BCUT2D eigenvalue weighted by Crippen LogP contribution is 2.20. The summed E-state index contributed by atoms with van der Waals surface area (Å²) in [5.74, 6) is -0.353. The SMILES string of the molecule is Cc1ccc(NC(=O)c2cccc3n[nH]nc23)cc1C(=O)N1CCOCC1. The lowest BCUT2D eigenvalue weighted by Crippen LogP contribution is -2.41. The van der Waals surface area contributed by atoms with Crippen molar-refractivity contribution in [2.45, 2.75) is 6.92 Å². The molecule has 1 saturated heterocycles. The molecular weight excluding hydrogens is 346 g/mol. The number of morpholine rings is 1. The van der Waals surface area contributed by atoms with Gasteiger partial charge in [0, 0.05) is 24.3 Å². The fourth-order valence-corrected chi connectivity index (χ4v) is 3.12. The van der Waals surface area contributed by atoms with Crippen molar-refractivity contribution in [3.63, 3.8) is 0 Å². The maximum atomic E-state index is 12.8. The zero-order chi connectivity index (χ0) is 18.8. The Labute approximate surface area is 155 Å². The van der Waals surface area contributed by atoms with Crippen molar-refractivity contribution < 1.29 is 14.3 Å².